The summed E-state index contributed by atoms with van der Waals surface area (Å²) >= 11 is 1.01. The van der Waals surface area contributed by atoms with Gasteiger partial charge in [-0.2, -0.15) is 0 Å². The molecule has 0 fully saturated rings. The molecule has 0 bridgehead atoms. The van der Waals surface area contributed by atoms with Gasteiger partial charge in [0, 0.05) is 11.8 Å². The first-order valence-electron chi connectivity index (χ1n) is 7.95. The van der Waals surface area contributed by atoms with Gasteiger partial charge in [0.2, 0.25) is 11.8 Å². The molecule has 2 amide bonds. The predicted octanol–water partition coefficient (Wildman–Crippen LogP) is 0.705. The number of carbonyl (C=O) groups is 3. The van der Waals surface area contributed by atoms with Gasteiger partial charge >= 0.3 is 5.97 Å². The minimum absolute atomic E-state index is 0.0113. The minimum Gasteiger partial charge on any atom is -0.462 e. The van der Waals surface area contributed by atoms with Gasteiger partial charge < -0.3 is 20.8 Å². The molecule has 1 aromatic carbocycles. The number of H-pyrrole nitrogens is 1. The van der Waals surface area contributed by atoms with Crippen molar-refractivity contribution in [1.82, 2.24) is 9.97 Å². The van der Waals surface area contributed by atoms with Gasteiger partial charge in [-0.3, -0.25) is 14.4 Å². The van der Waals surface area contributed by atoms with Crippen molar-refractivity contribution >= 4 is 35.2 Å². The molecular weight excluding hydrogens is 372 g/mol. The van der Waals surface area contributed by atoms with Gasteiger partial charge in [-0.05, 0) is 31.2 Å². The molecule has 0 radical (unpaired) electrons. The minimum atomic E-state index is -0.604. The number of amides is 2. The van der Waals surface area contributed by atoms with E-state index in [1.807, 2.05) is 0 Å². The van der Waals surface area contributed by atoms with Gasteiger partial charge in [-0.15, -0.1) is 0 Å². The van der Waals surface area contributed by atoms with E-state index in [1.54, 1.807) is 31.2 Å². The first-order chi connectivity index (χ1) is 12.9. The van der Waals surface area contributed by atoms with Crippen molar-refractivity contribution < 1.29 is 19.1 Å². The quantitative estimate of drug-likeness (QED) is 0.342. The van der Waals surface area contributed by atoms with Gasteiger partial charge in [0.25, 0.3) is 5.56 Å². The van der Waals surface area contributed by atoms with E-state index in [0.29, 0.717) is 11.3 Å². The number of hydrogen-bond acceptors (Lipinski definition) is 7. The number of ether oxygens (including phenoxy) is 1. The van der Waals surface area contributed by atoms with Crippen LogP contribution >= 0.6 is 11.8 Å². The number of hydrogen-bond donors (Lipinski definition) is 3. The van der Waals surface area contributed by atoms with Gasteiger partial charge in [-0.25, -0.2) is 9.78 Å². The molecule has 142 valence electrons. The Balaban J connectivity index is 1.93. The average Bonchev–Trinajstić information content (AvgIpc) is 2.60. The zero-order chi connectivity index (χ0) is 19.8. The number of anilines is 1. The number of aromatic amines is 1. The number of esters is 1. The standard InChI is InChI=1S/C17H18N4O5S/c1-2-26-16(25)10-3-5-11(6-4-10)19-15(24)9-27-17-20-12(7-13(18)22)8-14(23)21-17/h3-6,8H,2,7,9H2,1H3,(H2,18,22)(H,19,24)(H,20,21,23). The maximum atomic E-state index is 12.0. The molecule has 1 aromatic heterocycles. The number of benzene rings is 1. The Labute approximate surface area is 158 Å². The first kappa shape index (κ1) is 20.2. The molecule has 0 aliphatic carbocycles. The van der Waals surface area contributed by atoms with Crippen molar-refractivity contribution in [2.24, 2.45) is 5.73 Å². The molecule has 2 aromatic rings. The Morgan fingerprint density at radius 1 is 1.26 bits per heavy atom. The third kappa shape index (κ3) is 6.59. The Kier molecular flexibility index (Phi) is 7.12. The van der Waals surface area contributed by atoms with E-state index in [2.05, 4.69) is 15.3 Å². The van der Waals surface area contributed by atoms with Crippen molar-refractivity contribution in [2.75, 3.05) is 17.7 Å². The number of thioether (sulfide) groups is 1. The van der Waals surface area contributed by atoms with E-state index in [1.165, 1.54) is 6.07 Å². The van der Waals surface area contributed by atoms with Crippen LogP contribution in [0.3, 0.4) is 0 Å². The summed E-state index contributed by atoms with van der Waals surface area (Å²) in [6.07, 6.45) is -0.156. The first-order valence-corrected chi connectivity index (χ1v) is 8.94. The SMILES string of the molecule is CCOC(=O)c1ccc(NC(=O)CSc2nc(CC(N)=O)cc(=O)[nH]2)cc1. The van der Waals surface area contributed by atoms with E-state index >= 15 is 0 Å². The maximum absolute atomic E-state index is 12.0. The van der Waals surface area contributed by atoms with Crippen LogP contribution in [0.4, 0.5) is 5.69 Å². The van der Waals surface area contributed by atoms with E-state index in [9.17, 15) is 19.2 Å². The highest BCUT2D eigenvalue weighted by Gasteiger charge is 2.10. The Hall–Kier alpha value is -3.14. The lowest BCUT2D eigenvalue weighted by molar-refractivity contribution is -0.117. The molecule has 0 aliphatic rings. The molecule has 27 heavy (non-hydrogen) atoms. The summed E-state index contributed by atoms with van der Waals surface area (Å²) in [6, 6.07) is 7.45. The summed E-state index contributed by atoms with van der Waals surface area (Å²) in [6.45, 7) is 2.00. The highest BCUT2D eigenvalue weighted by Crippen LogP contribution is 2.14. The molecule has 4 N–H and O–H groups in total. The van der Waals surface area contributed by atoms with Crippen LogP contribution in [-0.2, 0) is 20.7 Å². The number of carbonyl (C=O) groups excluding carboxylic acids is 3. The summed E-state index contributed by atoms with van der Waals surface area (Å²) in [5.41, 5.74) is 5.79. The van der Waals surface area contributed by atoms with Crippen LogP contribution in [0.25, 0.3) is 0 Å². The van der Waals surface area contributed by atoms with Crippen LogP contribution in [0.2, 0.25) is 0 Å². The molecule has 1 heterocycles. The normalized spacial score (nSPS) is 10.3. The number of primary amides is 1. The topological polar surface area (TPSA) is 144 Å². The summed E-state index contributed by atoms with van der Waals surface area (Å²) in [7, 11) is 0. The Morgan fingerprint density at radius 3 is 2.59 bits per heavy atom. The van der Waals surface area contributed by atoms with E-state index in [-0.39, 0.29) is 35.5 Å². The van der Waals surface area contributed by atoms with Crippen molar-refractivity contribution in [2.45, 2.75) is 18.5 Å². The molecule has 9 nitrogen and oxygen atoms in total. The maximum Gasteiger partial charge on any atom is 0.338 e. The monoisotopic (exact) mass is 390 g/mol. The van der Waals surface area contributed by atoms with E-state index in [4.69, 9.17) is 10.5 Å². The van der Waals surface area contributed by atoms with Crippen LogP contribution in [0.1, 0.15) is 23.0 Å². The van der Waals surface area contributed by atoms with Crippen LogP contribution in [0.15, 0.2) is 40.3 Å². The van der Waals surface area contributed by atoms with Gasteiger partial charge in [-0.1, -0.05) is 11.8 Å². The van der Waals surface area contributed by atoms with Crippen molar-refractivity contribution in [1.29, 1.82) is 0 Å². The van der Waals surface area contributed by atoms with Crippen molar-refractivity contribution in [3.63, 3.8) is 0 Å². The largest absolute Gasteiger partial charge is 0.462 e. The molecule has 0 aliphatic heterocycles. The number of nitrogens with one attached hydrogen (secondary N) is 2. The molecule has 0 atom stereocenters. The number of nitrogens with zero attached hydrogens (tertiary/aromatic N) is 1. The zero-order valence-electron chi connectivity index (χ0n) is 14.5. The molecule has 10 heteroatoms. The predicted molar refractivity (Wildman–Crippen MR) is 99.5 cm³/mol. The third-order valence-electron chi connectivity index (χ3n) is 3.15. The zero-order valence-corrected chi connectivity index (χ0v) is 15.3. The lowest BCUT2D eigenvalue weighted by Crippen LogP contribution is -2.19. The molecule has 0 saturated heterocycles. The second kappa shape index (κ2) is 9.53. The van der Waals surface area contributed by atoms with Crippen molar-refractivity contribution in [3.8, 4) is 0 Å². The van der Waals surface area contributed by atoms with Gasteiger partial charge in [0.05, 0.1) is 30.0 Å². The fourth-order valence-electron chi connectivity index (χ4n) is 2.06. The van der Waals surface area contributed by atoms with Gasteiger partial charge in [0.1, 0.15) is 0 Å². The highest BCUT2D eigenvalue weighted by atomic mass is 32.2. The van der Waals surface area contributed by atoms with E-state index < -0.39 is 17.4 Å². The highest BCUT2D eigenvalue weighted by molar-refractivity contribution is 7.99. The van der Waals surface area contributed by atoms with E-state index in [0.717, 1.165) is 11.8 Å². The van der Waals surface area contributed by atoms with Crippen LogP contribution < -0.4 is 16.6 Å². The molecular formula is C17H18N4O5S. The average molecular weight is 390 g/mol. The Morgan fingerprint density at radius 2 is 1.96 bits per heavy atom. The molecule has 0 spiro atoms. The summed E-state index contributed by atoms with van der Waals surface area (Å²) in [5.74, 6) is -1.38. The molecule has 0 saturated carbocycles. The smallest absolute Gasteiger partial charge is 0.338 e. The second-order valence-electron chi connectivity index (χ2n) is 5.32. The fraction of sp³-hybridized carbons (Fsp3) is 0.235. The third-order valence-corrected chi connectivity index (χ3v) is 4.02. The number of nitrogens with two attached hydrogens (primary N) is 1. The molecule has 0 unspecified atom stereocenters. The van der Waals surface area contributed by atoms with Crippen molar-refractivity contribution in [3.05, 3.63) is 51.9 Å². The summed E-state index contributed by atoms with van der Waals surface area (Å²) in [5, 5.41) is 2.88. The van der Waals surface area contributed by atoms with Crippen LogP contribution in [0, 0.1) is 0 Å². The molecule has 2 rings (SSSR count). The second-order valence-corrected chi connectivity index (χ2v) is 6.28. The Bertz CT molecular complexity index is 895. The lowest BCUT2D eigenvalue weighted by atomic mass is 10.2. The van der Waals surface area contributed by atoms with Crippen LogP contribution in [0.5, 0.6) is 0 Å². The fourth-order valence-corrected chi connectivity index (χ4v) is 2.75. The summed E-state index contributed by atoms with van der Waals surface area (Å²) in [4.78, 5) is 52.7. The van der Waals surface area contributed by atoms with Crippen LogP contribution in [-0.4, -0.2) is 40.1 Å². The lowest BCUT2D eigenvalue weighted by Gasteiger charge is -2.07. The number of aromatic nitrogens is 2. The summed E-state index contributed by atoms with van der Waals surface area (Å²) < 4.78 is 4.89. The number of rotatable bonds is 8. The van der Waals surface area contributed by atoms with Gasteiger partial charge in [0.15, 0.2) is 5.16 Å².